The van der Waals surface area contributed by atoms with E-state index in [-0.39, 0.29) is 0 Å². The Morgan fingerprint density at radius 3 is 2.95 bits per heavy atom. The first-order valence-electron chi connectivity index (χ1n) is 5.90. The van der Waals surface area contributed by atoms with Crippen LogP contribution in [-0.2, 0) is 6.42 Å². The number of rotatable bonds is 2. The van der Waals surface area contributed by atoms with E-state index < -0.39 is 6.10 Å². The van der Waals surface area contributed by atoms with Crippen LogP contribution in [0.2, 0.25) is 0 Å². The van der Waals surface area contributed by atoms with E-state index in [9.17, 15) is 5.11 Å². The third-order valence-corrected chi connectivity index (χ3v) is 4.20. The van der Waals surface area contributed by atoms with Gasteiger partial charge in [-0.25, -0.2) is 0 Å². The highest BCUT2D eigenvalue weighted by atomic mass is 79.9. The average molecular weight is 385 g/mol. The molecule has 0 radical (unpaired) electrons. The minimum absolute atomic E-state index is 0.590. The number of halogens is 2. The second-order valence-electron chi connectivity index (χ2n) is 4.36. The second-order valence-corrected chi connectivity index (χ2v) is 6.13. The van der Waals surface area contributed by atoms with E-state index in [1.54, 1.807) is 6.20 Å². The first-order chi connectivity index (χ1) is 9.16. The molecule has 1 aliphatic rings. The number of aromatic nitrogens is 1. The third kappa shape index (κ3) is 2.42. The van der Waals surface area contributed by atoms with Gasteiger partial charge in [0.05, 0.1) is 12.3 Å². The van der Waals surface area contributed by atoms with Gasteiger partial charge in [-0.15, -0.1) is 0 Å². The standard InChI is InChI=1S/C14H11Br2NO2/c15-9-6-11(16)12(17-7-9)13(18)10-3-1-2-8-4-5-19-14(8)10/h1-3,6-7,13,18H,4-5H2. The lowest BCUT2D eigenvalue weighted by atomic mass is 10.0. The van der Waals surface area contributed by atoms with Crippen LogP contribution in [0.15, 0.2) is 39.4 Å². The maximum atomic E-state index is 10.5. The average Bonchev–Trinajstić information content (AvgIpc) is 2.86. The minimum atomic E-state index is -0.796. The number of para-hydroxylation sites is 1. The van der Waals surface area contributed by atoms with E-state index in [4.69, 9.17) is 4.74 Å². The van der Waals surface area contributed by atoms with Crippen LogP contribution in [0.25, 0.3) is 0 Å². The summed E-state index contributed by atoms with van der Waals surface area (Å²) in [6, 6.07) is 7.72. The Hall–Kier alpha value is -0.910. The van der Waals surface area contributed by atoms with E-state index >= 15 is 0 Å². The lowest BCUT2D eigenvalue weighted by Crippen LogP contribution is -2.05. The lowest BCUT2D eigenvalue weighted by molar-refractivity contribution is 0.208. The fraction of sp³-hybridized carbons (Fsp3) is 0.214. The molecule has 1 aromatic heterocycles. The molecule has 0 saturated carbocycles. The SMILES string of the molecule is OC(c1cccc2c1OCC2)c1ncc(Br)cc1Br. The summed E-state index contributed by atoms with van der Waals surface area (Å²) in [5.41, 5.74) is 2.50. The number of ether oxygens (including phenoxy) is 1. The Morgan fingerprint density at radius 2 is 2.16 bits per heavy atom. The molecule has 1 aliphatic heterocycles. The van der Waals surface area contributed by atoms with Gasteiger partial charge < -0.3 is 9.84 Å². The van der Waals surface area contributed by atoms with Crippen LogP contribution in [0.5, 0.6) is 5.75 Å². The van der Waals surface area contributed by atoms with Gasteiger partial charge in [-0.1, -0.05) is 18.2 Å². The summed E-state index contributed by atoms with van der Waals surface area (Å²) in [4.78, 5) is 4.28. The summed E-state index contributed by atoms with van der Waals surface area (Å²) < 4.78 is 7.26. The Kier molecular flexibility index (Phi) is 3.60. The van der Waals surface area contributed by atoms with Gasteiger partial charge in [0.1, 0.15) is 11.9 Å². The fourth-order valence-corrected chi connectivity index (χ4v) is 3.43. The van der Waals surface area contributed by atoms with Gasteiger partial charge in [-0.05, 0) is 43.5 Å². The minimum Gasteiger partial charge on any atom is -0.493 e. The molecule has 0 spiro atoms. The number of aliphatic hydroxyl groups is 1. The molecule has 1 N–H and O–H groups in total. The molecule has 5 heteroatoms. The predicted octanol–water partition coefficient (Wildman–Crippen LogP) is 3.62. The Balaban J connectivity index is 2.05. The number of pyridine rings is 1. The molecule has 0 bridgehead atoms. The van der Waals surface area contributed by atoms with Crippen molar-refractivity contribution in [1.82, 2.24) is 4.98 Å². The Labute approximate surface area is 127 Å². The zero-order valence-electron chi connectivity index (χ0n) is 9.94. The molecule has 3 nitrogen and oxygen atoms in total. The van der Waals surface area contributed by atoms with Crippen molar-refractivity contribution in [2.45, 2.75) is 12.5 Å². The molecule has 0 aliphatic carbocycles. The molecule has 3 rings (SSSR count). The van der Waals surface area contributed by atoms with E-state index in [1.807, 2.05) is 24.3 Å². The predicted molar refractivity (Wildman–Crippen MR) is 79.3 cm³/mol. The van der Waals surface area contributed by atoms with Crippen molar-refractivity contribution < 1.29 is 9.84 Å². The van der Waals surface area contributed by atoms with Crippen molar-refractivity contribution >= 4 is 31.9 Å². The van der Waals surface area contributed by atoms with Crippen molar-refractivity contribution in [3.8, 4) is 5.75 Å². The summed E-state index contributed by atoms with van der Waals surface area (Å²) in [6.45, 7) is 0.675. The van der Waals surface area contributed by atoms with Crippen molar-refractivity contribution in [2.75, 3.05) is 6.61 Å². The summed E-state index contributed by atoms with van der Waals surface area (Å²) in [7, 11) is 0. The van der Waals surface area contributed by atoms with Gasteiger partial charge in [-0.2, -0.15) is 0 Å². The fourth-order valence-electron chi connectivity index (χ4n) is 2.23. The number of fused-ring (bicyclic) bond motifs is 1. The highest BCUT2D eigenvalue weighted by Gasteiger charge is 2.24. The molecule has 2 aromatic rings. The zero-order chi connectivity index (χ0) is 13.4. The Morgan fingerprint density at radius 1 is 1.32 bits per heavy atom. The maximum Gasteiger partial charge on any atom is 0.128 e. The molecule has 1 atom stereocenters. The van der Waals surface area contributed by atoms with Crippen molar-refractivity contribution in [2.24, 2.45) is 0 Å². The number of benzene rings is 1. The number of aliphatic hydroxyl groups excluding tert-OH is 1. The van der Waals surface area contributed by atoms with Crippen LogP contribution in [0.4, 0.5) is 0 Å². The van der Waals surface area contributed by atoms with E-state index in [0.29, 0.717) is 12.3 Å². The van der Waals surface area contributed by atoms with Crippen LogP contribution in [0.3, 0.4) is 0 Å². The second kappa shape index (κ2) is 5.23. The third-order valence-electron chi connectivity index (χ3n) is 3.13. The smallest absolute Gasteiger partial charge is 0.128 e. The van der Waals surface area contributed by atoms with Gasteiger partial charge in [0.15, 0.2) is 0 Å². The number of nitrogens with zero attached hydrogens (tertiary/aromatic N) is 1. The van der Waals surface area contributed by atoms with Gasteiger partial charge in [0.2, 0.25) is 0 Å². The zero-order valence-corrected chi connectivity index (χ0v) is 13.1. The molecule has 1 unspecified atom stereocenters. The lowest BCUT2D eigenvalue weighted by Gasteiger charge is -2.15. The molecule has 2 heterocycles. The molecule has 0 amide bonds. The molecule has 1 aromatic carbocycles. The van der Waals surface area contributed by atoms with Gasteiger partial charge in [-0.3, -0.25) is 4.98 Å². The largest absolute Gasteiger partial charge is 0.493 e. The number of hydrogen-bond acceptors (Lipinski definition) is 3. The molecule has 0 fully saturated rings. The summed E-state index contributed by atoms with van der Waals surface area (Å²) in [6.07, 6.45) is 1.77. The van der Waals surface area contributed by atoms with Crippen molar-refractivity contribution in [3.63, 3.8) is 0 Å². The first-order valence-corrected chi connectivity index (χ1v) is 7.49. The summed E-state index contributed by atoms with van der Waals surface area (Å²) >= 11 is 6.78. The number of hydrogen-bond donors (Lipinski definition) is 1. The van der Waals surface area contributed by atoms with Gasteiger partial charge >= 0.3 is 0 Å². The molecule has 98 valence electrons. The highest BCUT2D eigenvalue weighted by molar-refractivity contribution is 9.11. The molecule has 0 saturated heterocycles. The molecular formula is C14H11Br2NO2. The maximum absolute atomic E-state index is 10.5. The quantitative estimate of drug-likeness (QED) is 0.859. The summed E-state index contributed by atoms with van der Waals surface area (Å²) in [5.74, 6) is 0.798. The monoisotopic (exact) mass is 383 g/mol. The van der Waals surface area contributed by atoms with E-state index in [0.717, 1.165) is 32.2 Å². The van der Waals surface area contributed by atoms with E-state index in [2.05, 4.69) is 36.8 Å². The van der Waals surface area contributed by atoms with Crippen LogP contribution < -0.4 is 4.74 Å². The van der Waals surface area contributed by atoms with Gasteiger partial charge in [0.25, 0.3) is 0 Å². The summed E-state index contributed by atoms with van der Waals surface area (Å²) in [5, 5.41) is 10.5. The molecular weight excluding hydrogens is 374 g/mol. The van der Waals surface area contributed by atoms with Crippen molar-refractivity contribution in [3.05, 3.63) is 56.2 Å². The van der Waals surface area contributed by atoms with Crippen LogP contribution in [0.1, 0.15) is 22.9 Å². The van der Waals surface area contributed by atoms with Gasteiger partial charge in [0, 0.05) is 27.1 Å². The first kappa shape index (κ1) is 13.1. The van der Waals surface area contributed by atoms with Crippen LogP contribution >= 0.6 is 31.9 Å². The molecule has 19 heavy (non-hydrogen) atoms. The topological polar surface area (TPSA) is 42.4 Å². The van der Waals surface area contributed by atoms with Crippen LogP contribution in [-0.4, -0.2) is 16.7 Å². The van der Waals surface area contributed by atoms with E-state index in [1.165, 1.54) is 0 Å². The normalized spacial score (nSPS) is 14.9. The highest BCUT2D eigenvalue weighted by Crippen LogP contribution is 2.37. The van der Waals surface area contributed by atoms with Crippen molar-refractivity contribution in [1.29, 1.82) is 0 Å². The van der Waals surface area contributed by atoms with Crippen LogP contribution in [0, 0.1) is 0 Å². The Bertz CT molecular complexity index is 631.